The molecule has 1 atom stereocenters. The van der Waals surface area contributed by atoms with Crippen molar-refractivity contribution in [3.8, 4) is 0 Å². The Kier molecular flexibility index (Phi) is 3.61. The van der Waals surface area contributed by atoms with Crippen LogP contribution in [0, 0.1) is 5.92 Å². The molecule has 0 spiro atoms. The number of hydrogen-bond acceptors (Lipinski definition) is 4. The van der Waals surface area contributed by atoms with Gasteiger partial charge in [-0.05, 0) is 25.2 Å². The molecule has 1 aliphatic carbocycles. The maximum absolute atomic E-state index is 12.1. The lowest BCUT2D eigenvalue weighted by Crippen LogP contribution is -2.59. The molecule has 1 N–H and O–H groups in total. The molecule has 0 radical (unpaired) electrons. The third-order valence-electron chi connectivity index (χ3n) is 3.27. The van der Waals surface area contributed by atoms with Crippen LogP contribution in [0.5, 0.6) is 0 Å². The molecule has 2 amide bonds. The van der Waals surface area contributed by atoms with E-state index in [0.29, 0.717) is 13.0 Å². The highest BCUT2D eigenvalue weighted by Gasteiger charge is 2.42. The van der Waals surface area contributed by atoms with E-state index in [4.69, 9.17) is 0 Å². The van der Waals surface area contributed by atoms with Crippen LogP contribution in [-0.2, 0) is 19.4 Å². The lowest BCUT2D eigenvalue weighted by Gasteiger charge is -2.32. The van der Waals surface area contributed by atoms with Crippen LogP contribution in [0.2, 0.25) is 0 Å². The van der Waals surface area contributed by atoms with Gasteiger partial charge in [-0.3, -0.25) is 9.59 Å². The van der Waals surface area contributed by atoms with Gasteiger partial charge in [0.2, 0.25) is 11.8 Å². The summed E-state index contributed by atoms with van der Waals surface area (Å²) >= 11 is 0. The number of sulfone groups is 1. The number of nitrogens with zero attached hydrogens (tertiary/aromatic N) is 1. The van der Waals surface area contributed by atoms with Crippen molar-refractivity contribution in [1.82, 2.24) is 10.2 Å². The molecule has 2 rings (SSSR count). The van der Waals surface area contributed by atoms with E-state index in [9.17, 15) is 18.0 Å². The van der Waals surface area contributed by atoms with Gasteiger partial charge in [-0.25, -0.2) is 8.42 Å². The molecule has 1 saturated heterocycles. The fraction of sp³-hybridized carbons (Fsp3) is 0.818. The minimum Gasteiger partial charge on any atom is -0.342 e. The molecule has 1 heterocycles. The van der Waals surface area contributed by atoms with Crippen molar-refractivity contribution in [3.63, 3.8) is 0 Å². The predicted molar refractivity (Wildman–Crippen MR) is 65.6 cm³/mol. The fourth-order valence-electron chi connectivity index (χ4n) is 2.18. The molecule has 18 heavy (non-hydrogen) atoms. The third-order valence-corrected chi connectivity index (χ3v) is 4.30. The monoisotopic (exact) mass is 274 g/mol. The first-order valence-electron chi connectivity index (χ1n) is 6.13. The molecule has 0 aromatic rings. The zero-order chi connectivity index (χ0) is 13.3. The van der Waals surface area contributed by atoms with Crippen molar-refractivity contribution in [1.29, 1.82) is 0 Å². The first-order valence-corrected chi connectivity index (χ1v) is 8.19. The zero-order valence-corrected chi connectivity index (χ0v) is 11.2. The summed E-state index contributed by atoms with van der Waals surface area (Å²) in [5.41, 5.74) is 0. The maximum Gasteiger partial charge on any atom is 0.245 e. The van der Waals surface area contributed by atoms with Crippen LogP contribution >= 0.6 is 0 Å². The van der Waals surface area contributed by atoms with E-state index in [1.165, 1.54) is 11.2 Å². The number of nitrogens with one attached hydrogen (secondary N) is 1. The van der Waals surface area contributed by atoms with Crippen molar-refractivity contribution < 1.29 is 18.0 Å². The van der Waals surface area contributed by atoms with E-state index in [1.807, 2.05) is 0 Å². The summed E-state index contributed by atoms with van der Waals surface area (Å²) < 4.78 is 22.0. The van der Waals surface area contributed by atoms with Crippen molar-refractivity contribution in [3.05, 3.63) is 0 Å². The van der Waals surface area contributed by atoms with Gasteiger partial charge in [0.25, 0.3) is 0 Å². The predicted octanol–water partition coefficient (Wildman–Crippen LogP) is -0.842. The molecule has 0 aromatic carbocycles. The highest BCUT2D eigenvalue weighted by molar-refractivity contribution is 7.90. The molecular weight excluding hydrogens is 256 g/mol. The topological polar surface area (TPSA) is 83.6 Å². The summed E-state index contributed by atoms with van der Waals surface area (Å²) in [6.07, 6.45) is 3.52. The van der Waals surface area contributed by atoms with Gasteiger partial charge in [0.1, 0.15) is 15.9 Å². The zero-order valence-electron chi connectivity index (χ0n) is 10.4. The molecule has 0 bridgehead atoms. The van der Waals surface area contributed by atoms with Crippen LogP contribution in [-0.4, -0.2) is 56.3 Å². The first-order chi connectivity index (χ1) is 8.37. The Morgan fingerprint density at radius 3 is 2.56 bits per heavy atom. The summed E-state index contributed by atoms with van der Waals surface area (Å²) in [5.74, 6) is 0.113. The number of carbonyl (C=O) groups is 2. The van der Waals surface area contributed by atoms with E-state index in [0.717, 1.165) is 12.8 Å². The molecule has 1 aliphatic heterocycles. The van der Waals surface area contributed by atoms with Crippen LogP contribution < -0.4 is 5.32 Å². The van der Waals surface area contributed by atoms with Gasteiger partial charge in [0, 0.05) is 12.8 Å². The summed E-state index contributed by atoms with van der Waals surface area (Å²) in [6, 6.07) is -0.385. The number of carbonyl (C=O) groups excluding carboxylic acids is 2. The Balaban J connectivity index is 1.90. The minimum atomic E-state index is -3.01. The van der Waals surface area contributed by atoms with Gasteiger partial charge >= 0.3 is 0 Å². The maximum atomic E-state index is 12.1. The molecular formula is C11H18N2O4S. The second-order valence-electron chi connectivity index (χ2n) is 5.13. The lowest BCUT2D eigenvalue weighted by atomic mass is 10.1. The first kappa shape index (κ1) is 13.3. The molecule has 7 heteroatoms. The van der Waals surface area contributed by atoms with Crippen molar-refractivity contribution in [2.24, 2.45) is 5.92 Å². The van der Waals surface area contributed by atoms with Crippen molar-refractivity contribution in [2.75, 3.05) is 25.1 Å². The largest absolute Gasteiger partial charge is 0.342 e. The number of rotatable bonds is 5. The normalized spacial score (nSPS) is 25.2. The summed E-state index contributed by atoms with van der Waals surface area (Å²) in [4.78, 5) is 25.0. The lowest BCUT2D eigenvalue weighted by molar-refractivity contribution is -0.144. The molecule has 6 nitrogen and oxygen atoms in total. The van der Waals surface area contributed by atoms with Gasteiger partial charge in [-0.15, -0.1) is 0 Å². The Morgan fingerprint density at radius 1 is 1.33 bits per heavy atom. The highest BCUT2D eigenvalue weighted by atomic mass is 32.2. The summed E-state index contributed by atoms with van der Waals surface area (Å²) in [7, 11) is -3.01. The molecule has 102 valence electrons. The second kappa shape index (κ2) is 4.87. The van der Waals surface area contributed by atoms with Crippen molar-refractivity contribution >= 4 is 21.7 Å². The number of piperazine rings is 1. The number of hydrogen-bond donors (Lipinski definition) is 1. The van der Waals surface area contributed by atoms with Gasteiger partial charge in [-0.1, -0.05) is 0 Å². The van der Waals surface area contributed by atoms with Gasteiger partial charge in [-0.2, -0.15) is 0 Å². The van der Waals surface area contributed by atoms with E-state index >= 15 is 0 Å². The average Bonchev–Trinajstić information content (AvgIpc) is 3.04. The quantitative estimate of drug-likeness (QED) is 0.708. The van der Waals surface area contributed by atoms with Crippen LogP contribution in [0.3, 0.4) is 0 Å². The average molecular weight is 274 g/mol. The Hall–Kier alpha value is -1.11. The van der Waals surface area contributed by atoms with Gasteiger partial charge in [0.05, 0.1) is 12.3 Å². The van der Waals surface area contributed by atoms with E-state index in [1.54, 1.807) is 0 Å². The van der Waals surface area contributed by atoms with E-state index in [-0.39, 0.29) is 36.1 Å². The molecule has 1 unspecified atom stereocenters. The second-order valence-corrected chi connectivity index (χ2v) is 7.39. The van der Waals surface area contributed by atoms with E-state index < -0.39 is 9.84 Å². The van der Waals surface area contributed by atoms with Crippen molar-refractivity contribution in [2.45, 2.75) is 25.3 Å². The molecule has 2 fully saturated rings. The fourth-order valence-corrected chi connectivity index (χ4v) is 2.84. The Morgan fingerprint density at radius 2 is 2.00 bits per heavy atom. The highest BCUT2D eigenvalue weighted by Crippen LogP contribution is 2.34. The van der Waals surface area contributed by atoms with Crippen LogP contribution in [0.4, 0.5) is 0 Å². The van der Waals surface area contributed by atoms with E-state index in [2.05, 4.69) is 5.32 Å². The molecule has 2 aliphatic rings. The minimum absolute atomic E-state index is 0.0474. The standard InChI is InChI=1S/C11H18N2O4S/c1-18(16,17)6-2-5-13-7-9(14)12-10(11(13)15)8-3-4-8/h8,10H,2-7H2,1H3,(H,12,14). The van der Waals surface area contributed by atoms with Gasteiger partial charge in [0.15, 0.2) is 0 Å². The summed E-state index contributed by atoms with van der Waals surface area (Å²) in [6.45, 7) is 0.383. The smallest absolute Gasteiger partial charge is 0.245 e. The summed E-state index contributed by atoms with van der Waals surface area (Å²) in [5, 5.41) is 2.72. The molecule has 0 aromatic heterocycles. The molecule has 1 saturated carbocycles. The SMILES string of the molecule is CS(=O)(=O)CCCN1CC(=O)NC(C2CC2)C1=O. The Bertz CT molecular complexity index is 456. The third kappa shape index (κ3) is 3.44. The van der Waals surface area contributed by atoms with Crippen LogP contribution in [0.15, 0.2) is 0 Å². The van der Waals surface area contributed by atoms with Gasteiger partial charge < -0.3 is 10.2 Å². The Labute approximate surface area is 107 Å². The number of amides is 2. The van der Waals surface area contributed by atoms with Crippen LogP contribution in [0.25, 0.3) is 0 Å². The van der Waals surface area contributed by atoms with Crippen LogP contribution in [0.1, 0.15) is 19.3 Å².